The fourth-order valence-electron chi connectivity index (χ4n) is 2.16. The molecule has 0 aliphatic heterocycles. The van der Waals surface area contributed by atoms with Crippen molar-refractivity contribution in [3.8, 4) is 22.8 Å². The quantitative estimate of drug-likeness (QED) is 0.766. The third-order valence-corrected chi connectivity index (χ3v) is 3.33. The van der Waals surface area contributed by atoms with E-state index in [4.69, 9.17) is 9.15 Å². The monoisotopic (exact) mass is 309 g/mol. The molecule has 0 spiro atoms. The van der Waals surface area contributed by atoms with E-state index in [-0.39, 0.29) is 17.4 Å². The number of para-hydroxylation sites is 1. The fourth-order valence-corrected chi connectivity index (χ4v) is 2.16. The first-order chi connectivity index (χ1) is 11.2. The topological polar surface area (TPSA) is 71.7 Å². The second-order valence-corrected chi connectivity index (χ2v) is 4.87. The summed E-state index contributed by atoms with van der Waals surface area (Å²) in [5.74, 6) is 0.782. The van der Waals surface area contributed by atoms with Crippen molar-refractivity contribution < 1.29 is 19.1 Å². The number of rotatable bonds is 4. The van der Waals surface area contributed by atoms with Crippen LogP contribution < -0.4 is 10.1 Å². The molecule has 2 aromatic carbocycles. The van der Waals surface area contributed by atoms with Crippen LogP contribution in [0, 0.1) is 0 Å². The van der Waals surface area contributed by atoms with Crippen LogP contribution in [0.25, 0.3) is 11.3 Å². The molecule has 1 amide bonds. The molecule has 0 fully saturated rings. The fraction of sp³-hybridized carbons (Fsp3) is 0.0556. The molecule has 5 heteroatoms. The number of carbonyl (C=O) groups excluding carboxylic acids is 1. The van der Waals surface area contributed by atoms with Gasteiger partial charge in [-0.3, -0.25) is 4.79 Å². The summed E-state index contributed by atoms with van der Waals surface area (Å²) in [6, 6.07) is 17.3. The number of hydrogen-bond acceptors (Lipinski definition) is 4. The highest BCUT2D eigenvalue weighted by Crippen LogP contribution is 2.32. The highest BCUT2D eigenvalue weighted by atomic mass is 16.5. The van der Waals surface area contributed by atoms with Crippen LogP contribution in [-0.2, 0) is 0 Å². The summed E-state index contributed by atoms with van der Waals surface area (Å²) in [5, 5.41) is 12.4. The zero-order valence-corrected chi connectivity index (χ0v) is 12.4. The van der Waals surface area contributed by atoms with Crippen molar-refractivity contribution in [1.82, 2.24) is 0 Å². The van der Waals surface area contributed by atoms with Gasteiger partial charge in [-0.15, -0.1) is 0 Å². The van der Waals surface area contributed by atoms with E-state index < -0.39 is 0 Å². The van der Waals surface area contributed by atoms with Gasteiger partial charge in [0.1, 0.15) is 5.76 Å². The van der Waals surface area contributed by atoms with Crippen LogP contribution in [0.5, 0.6) is 11.5 Å². The normalized spacial score (nSPS) is 10.3. The van der Waals surface area contributed by atoms with Gasteiger partial charge in [0.25, 0.3) is 5.91 Å². The van der Waals surface area contributed by atoms with Crippen LogP contribution in [0.15, 0.2) is 65.1 Å². The standard InChI is InChI=1S/C18H15NO4/c1-22-17-11-12(7-8-14(17)20)15-9-10-16(23-15)18(21)19-13-5-3-2-4-6-13/h2-11,20H,1H3,(H,19,21). The number of benzene rings is 2. The molecule has 0 atom stereocenters. The Morgan fingerprint density at radius 1 is 1.09 bits per heavy atom. The molecule has 0 saturated carbocycles. The second kappa shape index (κ2) is 6.27. The number of methoxy groups -OCH3 is 1. The minimum Gasteiger partial charge on any atom is -0.504 e. The van der Waals surface area contributed by atoms with Gasteiger partial charge in [0.2, 0.25) is 0 Å². The van der Waals surface area contributed by atoms with Crippen molar-refractivity contribution >= 4 is 11.6 Å². The number of phenols is 1. The van der Waals surface area contributed by atoms with Gasteiger partial charge in [-0.1, -0.05) is 18.2 Å². The molecule has 0 saturated heterocycles. The summed E-state index contributed by atoms with van der Waals surface area (Å²) in [6.45, 7) is 0. The van der Waals surface area contributed by atoms with Crippen LogP contribution >= 0.6 is 0 Å². The summed E-state index contributed by atoms with van der Waals surface area (Å²) in [4.78, 5) is 12.2. The Morgan fingerprint density at radius 3 is 2.61 bits per heavy atom. The van der Waals surface area contributed by atoms with Gasteiger partial charge in [0.05, 0.1) is 7.11 Å². The van der Waals surface area contributed by atoms with Crippen LogP contribution in [-0.4, -0.2) is 18.1 Å². The highest BCUT2D eigenvalue weighted by Gasteiger charge is 2.13. The lowest BCUT2D eigenvalue weighted by Gasteiger charge is -2.05. The van der Waals surface area contributed by atoms with E-state index in [1.54, 1.807) is 36.4 Å². The first-order valence-electron chi connectivity index (χ1n) is 7.01. The lowest BCUT2D eigenvalue weighted by atomic mass is 10.1. The molecule has 1 heterocycles. The molecular formula is C18H15NO4. The van der Waals surface area contributed by atoms with Crippen LogP contribution in [0.3, 0.4) is 0 Å². The smallest absolute Gasteiger partial charge is 0.291 e. The Morgan fingerprint density at radius 2 is 1.87 bits per heavy atom. The molecule has 0 unspecified atom stereocenters. The summed E-state index contributed by atoms with van der Waals surface area (Å²) in [5.41, 5.74) is 1.40. The maximum atomic E-state index is 12.2. The summed E-state index contributed by atoms with van der Waals surface area (Å²) in [7, 11) is 1.47. The Kier molecular flexibility index (Phi) is 4.01. The van der Waals surface area contributed by atoms with E-state index in [1.807, 2.05) is 18.2 Å². The molecule has 5 nitrogen and oxygen atoms in total. The average molecular weight is 309 g/mol. The summed E-state index contributed by atoms with van der Waals surface area (Å²) >= 11 is 0. The maximum absolute atomic E-state index is 12.2. The Bertz CT molecular complexity index is 824. The third-order valence-electron chi connectivity index (χ3n) is 3.33. The molecule has 0 aliphatic carbocycles. The lowest BCUT2D eigenvalue weighted by Crippen LogP contribution is -2.10. The number of carbonyl (C=O) groups is 1. The first kappa shape index (κ1) is 14.7. The minimum atomic E-state index is -0.326. The minimum absolute atomic E-state index is 0.0462. The van der Waals surface area contributed by atoms with Gasteiger partial charge in [-0.2, -0.15) is 0 Å². The molecule has 23 heavy (non-hydrogen) atoms. The number of nitrogens with one attached hydrogen (secondary N) is 1. The number of anilines is 1. The van der Waals surface area contributed by atoms with Gasteiger partial charge >= 0.3 is 0 Å². The van der Waals surface area contributed by atoms with Crippen LogP contribution in [0.2, 0.25) is 0 Å². The Labute approximate surface area is 133 Å². The maximum Gasteiger partial charge on any atom is 0.291 e. The molecular weight excluding hydrogens is 294 g/mol. The largest absolute Gasteiger partial charge is 0.504 e. The molecule has 3 aromatic rings. The molecule has 0 radical (unpaired) electrons. The number of aromatic hydroxyl groups is 1. The number of ether oxygens (including phenoxy) is 1. The molecule has 3 rings (SSSR count). The van der Waals surface area contributed by atoms with Gasteiger partial charge in [-0.05, 0) is 42.5 Å². The predicted octanol–water partition coefficient (Wildman–Crippen LogP) is 3.91. The Hall–Kier alpha value is -3.21. The SMILES string of the molecule is COc1cc(-c2ccc(C(=O)Nc3ccccc3)o2)ccc1O. The van der Waals surface area contributed by atoms with E-state index in [9.17, 15) is 9.90 Å². The van der Waals surface area contributed by atoms with Gasteiger partial charge in [-0.25, -0.2) is 0 Å². The molecule has 2 N–H and O–H groups in total. The van der Waals surface area contributed by atoms with Crippen LogP contribution in [0.1, 0.15) is 10.6 Å². The first-order valence-corrected chi connectivity index (χ1v) is 7.01. The van der Waals surface area contributed by atoms with E-state index in [0.29, 0.717) is 22.8 Å². The molecule has 116 valence electrons. The van der Waals surface area contributed by atoms with Gasteiger partial charge < -0.3 is 19.6 Å². The zero-order valence-electron chi connectivity index (χ0n) is 12.4. The van der Waals surface area contributed by atoms with E-state index in [2.05, 4.69) is 5.32 Å². The van der Waals surface area contributed by atoms with Crippen molar-refractivity contribution in [3.63, 3.8) is 0 Å². The lowest BCUT2D eigenvalue weighted by molar-refractivity contribution is 0.0997. The zero-order chi connectivity index (χ0) is 16.2. The van der Waals surface area contributed by atoms with E-state index in [1.165, 1.54) is 13.2 Å². The second-order valence-electron chi connectivity index (χ2n) is 4.87. The predicted molar refractivity (Wildman–Crippen MR) is 86.8 cm³/mol. The number of hydrogen-bond donors (Lipinski definition) is 2. The van der Waals surface area contributed by atoms with Crippen molar-refractivity contribution in [3.05, 3.63) is 66.4 Å². The number of furan rings is 1. The highest BCUT2D eigenvalue weighted by molar-refractivity contribution is 6.02. The van der Waals surface area contributed by atoms with Gasteiger partial charge in [0, 0.05) is 11.3 Å². The summed E-state index contributed by atoms with van der Waals surface area (Å²) < 4.78 is 10.7. The van der Waals surface area contributed by atoms with Gasteiger partial charge in [0.15, 0.2) is 17.3 Å². The van der Waals surface area contributed by atoms with Crippen molar-refractivity contribution in [2.24, 2.45) is 0 Å². The number of phenolic OH excluding ortho intramolecular Hbond substituents is 1. The molecule has 1 aromatic heterocycles. The molecule has 0 aliphatic rings. The Balaban J connectivity index is 1.81. The third kappa shape index (κ3) is 3.18. The van der Waals surface area contributed by atoms with Crippen molar-refractivity contribution in [2.45, 2.75) is 0 Å². The summed E-state index contributed by atoms with van der Waals surface area (Å²) in [6.07, 6.45) is 0. The number of amides is 1. The van der Waals surface area contributed by atoms with Crippen molar-refractivity contribution in [1.29, 1.82) is 0 Å². The van der Waals surface area contributed by atoms with Crippen molar-refractivity contribution in [2.75, 3.05) is 12.4 Å². The van der Waals surface area contributed by atoms with Crippen LogP contribution in [0.4, 0.5) is 5.69 Å². The molecule has 0 bridgehead atoms. The van der Waals surface area contributed by atoms with E-state index in [0.717, 1.165) is 0 Å². The van der Waals surface area contributed by atoms with E-state index >= 15 is 0 Å². The average Bonchev–Trinajstić information content (AvgIpc) is 3.06.